The zero-order valence-corrected chi connectivity index (χ0v) is 21.6. The molecule has 3 atom stereocenters. The van der Waals surface area contributed by atoms with Gasteiger partial charge in [-0.05, 0) is 41.0 Å². The van der Waals surface area contributed by atoms with Crippen molar-refractivity contribution < 1.29 is 34.5 Å². The molecule has 3 aromatic carbocycles. The third kappa shape index (κ3) is 9.14. The highest BCUT2D eigenvalue weighted by atomic mass is 16.4. The van der Waals surface area contributed by atoms with Gasteiger partial charge in [0.15, 0.2) is 0 Å². The number of phenols is 2. The minimum Gasteiger partial charge on any atom is -0.508 e. The summed E-state index contributed by atoms with van der Waals surface area (Å²) in [5.41, 5.74) is 7.36. The predicted molar refractivity (Wildman–Crippen MR) is 146 cm³/mol. The van der Waals surface area contributed by atoms with E-state index in [0.29, 0.717) is 11.1 Å². The Morgan fingerprint density at radius 1 is 0.600 bits per heavy atom. The van der Waals surface area contributed by atoms with E-state index in [4.69, 9.17) is 5.73 Å². The molecule has 0 spiro atoms. The van der Waals surface area contributed by atoms with Crippen LogP contribution in [0, 0.1) is 0 Å². The van der Waals surface area contributed by atoms with Gasteiger partial charge in [-0.1, -0.05) is 54.6 Å². The van der Waals surface area contributed by atoms with Gasteiger partial charge in [0, 0.05) is 19.3 Å². The number of aromatic hydroxyl groups is 2. The van der Waals surface area contributed by atoms with Gasteiger partial charge in [0.05, 0.1) is 6.54 Å². The summed E-state index contributed by atoms with van der Waals surface area (Å²) in [5, 5.41) is 36.6. The minimum absolute atomic E-state index is 0.0149. The number of carbonyl (C=O) groups is 4. The zero-order valence-electron chi connectivity index (χ0n) is 21.6. The van der Waals surface area contributed by atoms with Crippen LogP contribution in [0.3, 0.4) is 0 Å². The molecule has 0 bridgehead atoms. The molecule has 0 aliphatic carbocycles. The highest BCUT2D eigenvalue weighted by molar-refractivity contribution is 5.94. The molecule has 11 nitrogen and oxygen atoms in total. The molecule has 3 amide bonds. The van der Waals surface area contributed by atoms with Crippen LogP contribution in [0.4, 0.5) is 0 Å². The summed E-state index contributed by atoms with van der Waals surface area (Å²) in [4.78, 5) is 50.8. The van der Waals surface area contributed by atoms with Gasteiger partial charge in [-0.25, -0.2) is 4.79 Å². The standard InChI is InChI=1S/C29H32N4O7/c30-17-26(36)31-23(14-18-4-2-1-3-5-18)27(37)32-24(15-19-6-10-21(34)11-7-19)28(38)33-25(29(39)40)16-20-8-12-22(35)13-9-20/h1-13,23-25,34-35H,14-17,30H2,(H,31,36)(H,32,37)(H,33,38)(H,39,40). The fourth-order valence-electron chi connectivity index (χ4n) is 4.00. The number of nitrogens with one attached hydrogen (secondary N) is 3. The highest BCUT2D eigenvalue weighted by Gasteiger charge is 2.30. The van der Waals surface area contributed by atoms with Crippen molar-refractivity contribution in [3.05, 3.63) is 95.6 Å². The number of rotatable bonds is 13. The van der Waals surface area contributed by atoms with Crippen LogP contribution < -0.4 is 21.7 Å². The Bertz CT molecular complexity index is 1300. The summed E-state index contributed by atoms with van der Waals surface area (Å²) in [6.07, 6.45) is 0.0429. The van der Waals surface area contributed by atoms with Gasteiger partial charge in [-0.15, -0.1) is 0 Å². The number of amides is 3. The number of aliphatic carboxylic acids is 1. The number of phenolic OH excluding ortho intramolecular Hbond substituents is 2. The number of carbonyl (C=O) groups excluding carboxylic acids is 3. The van der Waals surface area contributed by atoms with Gasteiger partial charge in [0.1, 0.15) is 29.6 Å². The fourth-order valence-corrected chi connectivity index (χ4v) is 4.00. The van der Waals surface area contributed by atoms with Crippen LogP contribution in [0.2, 0.25) is 0 Å². The molecule has 0 aliphatic heterocycles. The molecule has 0 heterocycles. The van der Waals surface area contributed by atoms with E-state index in [2.05, 4.69) is 16.0 Å². The number of benzene rings is 3. The first-order valence-electron chi connectivity index (χ1n) is 12.6. The molecule has 0 aliphatic rings. The van der Waals surface area contributed by atoms with Crippen LogP contribution in [0.15, 0.2) is 78.9 Å². The van der Waals surface area contributed by atoms with Crippen LogP contribution in [0.25, 0.3) is 0 Å². The van der Waals surface area contributed by atoms with Crippen LogP contribution in [0.1, 0.15) is 16.7 Å². The molecule has 0 saturated carbocycles. The van der Waals surface area contributed by atoms with Gasteiger partial charge in [0.2, 0.25) is 17.7 Å². The first-order chi connectivity index (χ1) is 19.1. The molecule has 40 heavy (non-hydrogen) atoms. The summed E-state index contributed by atoms with van der Waals surface area (Å²) < 4.78 is 0. The third-order valence-electron chi connectivity index (χ3n) is 6.12. The van der Waals surface area contributed by atoms with E-state index in [-0.39, 0.29) is 37.3 Å². The summed E-state index contributed by atoms with van der Waals surface area (Å²) in [7, 11) is 0. The number of carboxylic acid groups (broad SMARTS) is 1. The van der Waals surface area contributed by atoms with E-state index >= 15 is 0 Å². The van der Waals surface area contributed by atoms with Gasteiger partial charge in [0.25, 0.3) is 0 Å². The largest absolute Gasteiger partial charge is 0.508 e. The summed E-state index contributed by atoms with van der Waals surface area (Å²) in [5.74, 6) is -3.22. The summed E-state index contributed by atoms with van der Waals surface area (Å²) in [6.45, 7) is -0.340. The Kier molecular flexibility index (Phi) is 10.6. The smallest absolute Gasteiger partial charge is 0.326 e. The number of hydrogen-bond acceptors (Lipinski definition) is 7. The van der Waals surface area contributed by atoms with Crippen LogP contribution in [-0.2, 0) is 38.4 Å². The van der Waals surface area contributed by atoms with Crippen LogP contribution >= 0.6 is 0 Å². The summed E-state index contributed by atoms with van der Waals surface area (Å²) in [6, 6.07) is 17.3. The topological polar surface area (TPSA) is 191 Å². The lowest BCUT2D eigenvalue weighted by Crippen LogP contribution is -2.57. The highest BCUT2D eigenvalue weighted by Crippen LogP contribution is 2.14. The van der Waals surface area contributed by atoms with Crippen molar-refractivity contribution in [2.75, 3.05) is 6.54 Å². The number of nitrogens with two attached hydrogens (primary N) is 1. The van der Waals surface area contributed by atoms with Crippen molar-refractivity contribution in [1.82, 2.24) is 16.0 Å². The molecule has 210 valence electrons. The molecule has 3 rings (SSSR count). The average Bonchev–Trinajstić information content (AvgIpc) is 2.94. The zero-order chi connectivity index (χ0) is 29.1. The first-order valence-corrected chi connectivity index (χ1v) is 12.6. The Balaban J connectivity index is 1.83. The first kappa shape index (κ1) is 29.7. The van der Waals surface area contributed by atoms with Crippen molar-refractivity contribution in [1.29, 1.82) is 0 Å². The van der Waals surface area contributed by atoms with Crippen LogP contribution in [-0.4, -0.2) is 63.7 Å². The molecular weight excluding hydrogens is 516 g/mol. The lowest BCUT2D eigenvalue weighted by atomic mass is 10.0. The number of hydrogen-bond donors (Lipinski definition) is 7. The van der Waals surface area contributed by atoms with Crippen molar-refractivity contribution in [3.8, 4) is 11.5 Å². The fraction of sp³-hybridized carbons (Fsp3) is 0.241. The maximum atomic E-state index is 13.4. The van der Waals surface area contributed by atoms with E-state index in [1.807, 2.05) is 6.07 Å². The van der Waals surface area contributed by atoms with Crippen LogP contribution in [0.5, 0.6) is 11.5 Å². The van der Waals surface area contributed by atoms with Gasteiger partial charge >= 0.3 is 5.97 Å². The van der Waals surface area contributed by atoms with Crippen molar-refractivity contribution in [3.63, 3.8) is 0 Å². The van der Waals surface area contributed by atoms with Crippen molar-refractivity contribution in [2.45, 2.75) is 37.4 Å². The molecule has 0 saturated heterocycles. The molecule has 3 unspecified atom stereocenters. The van der Waals surface area contributed by atoms with E-state index in [1.54, 1.807) is 48.5 Å². The molecule has 0 fully saturated rings. The lowest BCUT2D eigenvalue weighted by Gasteiger charge is -2.25. The second-order valence-corrected chi connectivity index (χ2v) is 9.22. The molecule has 8 N–H and O–H groups in total. The quantitative estimate of drug-likeness (QED) is 0.162. The number of carboxylic acids is 1. The average molecular weight is 549 g/mol. The van der Waals surface area contributed by atoms with Gasteiger partial charge in [-0.2, -0.15) is 0 Å². The Hall–Kier alpha value is -4.90. The van der Waals surface area contributed by atoms with E-state index in [1.165, 1.54) is 24.3 Å². The van der Waals surface area contributed by atoms with Gasteiger partial charge < -0.3 is 37.0 Å². The Labute approximate surface area is 231 Å². The third-order valence-corrected chi connectivity index (χ3v) is 6.12. The molecule has 3 aromatic rings. The van der Waals surface area contributed by atoms with E-state index < -0.39 is 41.8 Å². The second-order valence-electron chi connectivity index (χ2n) is 9.22. The normalized spacial score (nSPS) is 12.9. The monoisotopic (exact) mass is 548 g/mol. The minimum atomic E-state index is -1.33. The molecular formula is C29H32N4O7. The Morgan fingerprint density at radius 3 is 1.45 bits per heavy atom. The maximum Gasteiger partial charge on any atom is 0.326 e. The summed E-state index contributed by atoms with van der Waals surface area (Å²) >= 11 is 0. The second kappa shape index (κ2) is 14.3. The lowest BCUT2D eigenvalue weighted by molar-refractivity contribution is -0.142. The Morgan fingerprint density at radius 2 is 1.00 bits per heavy atom. The maximum absolute atomic E-state index is 13.4. The van der Waals surface area contributed by atoms with Crippen molar-refractivity contribution >= 4 is 23.7 Å². The van der Waals surface area contributed by atoms with E-state index in [0.717, 1.165) is 5.56 Å². The van der Waals surface area contributed by atoms with Gasteiger partial charge in [-0.3, -0.25) is 14.4 Å². The SMILES string of the molecule is NCC(=O)NC(Cc1ccccc1)C(=O)NC(Cc1ccc(O)cc1)C(=O)NC(Cc1ccc(O)cc1)C(=O)O. The molecule has 11 heteroatoms. The molecule has 0 aromatic heterocycles. The van der Waals surface area contributed by atoms with E-state index in [9.17, 15) is 34.5 Å². The molecule has 0 radical (unpaired) electrons. The predicted octanol–water partition coefficient (Wildman–Crippen LogP) is 0.623. The van der Waals surface area contributed by atoms with Crippen molar-refractivity contribution in [2.24, 2.45) is 5.73 Å².